The third kappa shape index (κ3) is 2.72. The average molecular weight is 326 g/mol. The van der Waals surface area contributed by atoms with Crippen molar-refractivity contribution in [1.29, 1.82) is 0 Å². The van der Waals surface area contributed by atoms with E-state index in [0.717, 1.165) is 36.1 Å². The minimum atomic E-state index is 0.178. The van der Waals surface area contributed by atoms with Crippen molar-refractivity contribution in [3.05, 3.63) is 22.4 Å². The maximum Gasteiger partial charge on any atom is 0.270 e. The van der Waals surface area contributed by atoms with Crippen molar-refractivity contribution in [2.24, 2.45) is 0 Å². The summed E-state index contributed by atoms with van der Waals surface area (Å²) in [4.78, 5) is 14.7. The van der Waals surface area contributed by atoms with Gasteiger partial charge in [0.05, 0.1) is 0 Å². The van der Waals surface area contributed by atoms with Crippen molar-refractivity contribution in [2.75, 3.05) is 20.1 Å². The molecule has 1 atom stereocenters. The molecule has 0 radical (unpaired) electrons. The summed E-state index contributed by atoms with van der Waals surface area (Å²) in [6.07, 6.45) is 6.68. The number of likely N-dealkylation sites (tertiary alicyclic amines) is 1. The van der Waals surface area contributed by atoms with Crippen LogP contribution in [0.15, 0.2) is 16.7 Å². The predicted molar refractivity (Wildman–Crippen MR) is 78.4 cm³/mol. The standard InChI is InChI=1S/C14H20BrN3O/c1-16-11-3-2-6-17(9-11)14(19)13-7-10(15)8-18(13)12-4-5-12/h7-8,11-12,16H,2-6,9H2,1H3. The highest BCUT2D eigenvalue weighted by atomic mass is 79.9. The third-order valence-corrected chi connectivity index (χ3v) is 4.53. The van der Waals surface area contributed by atoms with E-state index in [2.05, 4.69) is 25.8 Å². The van der Waals surface area contributed by atoms with Crippen molar-refractivity contribution >= 4 is 21.8 Å². The second kappa shape index (κ2) is 5.29. The Bertz CT molecular complexity index is 481. The molecule has 2 aliphatic rings. The molecule has 1 aromatic heterocycles. The lowest BCUT2D eigenvalue weighted by molar-refractivity contribution is 0.0687. The van der Waals surface area contributed by atoms with E-state index < -0.39 is 0 Å². The topological polar surface area (TPSA) is 37.3 Å². The van der Waals surface area contributed by atoms with E-state index in [4.69, 9.17) is 0 Å². The Hall–Kier alpha value is -0.810. The zero-order chi connectivity index (χ0) is 13.4. The number of aromatic nitrogens is 1. The van der Waals surface area contributed by atoms with Gasteiger partial charge < -0.3 is 14.8 Å². The summed E-state index contributed by atoms with van der Waals surface area (Å²) in [5, 5.41) is 3.29. The lowest BCUT2D eigenvalue weighted by Gasteiger charge is -2.32. The summed E-state index contributed by atoms with van der Waals surface area (Å²) in [7, 11) is 1.97. The first-order valence-electron chi connectivity index (χ1n) is 7.03. The molecule has 0 aromatic carbocycles. The minimum Gasteiger partial charge on any atom is -0.339 e. The van der Waals surface area contributed by atoms with Gasteiger partial charge in [0.1, 0.15) is 5.69 Å². The number of likely N-dealkylation sites (N-methyl/N-ethyl adjacent to an activating group) is 1. The van der Waals surface area contributed by atoms with Crippen LogP contribution in [0.3, 0.4) is 0 Å². The molecule has 19 heavy (non-hydrogen) atoms. The normalized spacial score (nSPS) is 23.7. The summed E-state index contributed by atoms with van der Waals surface area (Å²) >= 11 is 3.49. The smallest absolute Gasteiger partial charge is 0.270 e. The third-order valence-electron chi connectivity index (χ3n) is 4.09. The Labute approximate surface area is 122 Å². The van der Waals surface area contributed by atoms with Crippen LogP contribution in [-0.4, -0.2) is 41.6 Å². The Morgan fingerprint density at radius 1 is 1.42 bits per heavy atom. The maximum atomic E-state index is 12.7. The fraction of sp³-hybridized carbons (Fsp3) is 0.643. The molecule has 4 nitrogen and oxygen atoms in total. The van der Waals surface area contributed by atoms with Gasteiger partial charge in [0, 0.05) is 35.8 Å². The maximum absolute atomic E-state index is 12.7. The van der Waals surface area contributed by atoms with E-state index >= 15 is 0 Å². The van der Waals surface area contributed by atoms with Gasteiger partial charge in [-0.15, -0.1) is 0 Å². The lowest BCUT2D eigenvalue weighted by atomic mass is 10.1. The second-order valence-corrected chi connectivity index (χ2v) is 6.48. The molecule has 1 saturated heterocycles. The summed E-state index contributed by atoms with van der Waals surface area (Å²) in [6, 6.07) is 2.93. The Morgan fingerprint density at radius 3 is 2.89 bits per heavy atom. The van der Waals surface area contributed by atoms with Crippen molar-refractivity contribution in [2.45, 2.75) is 37.8 Å². The number of hydrogen-bond acceptors (Lipinski definition) is 2. The molecular weight excluding hydrogens is 306 g/mol. The van der Waals surface area contributed by atoms with Crippen LogP contribution < -0.4 is 5.32 Å². The molecule has 1 aromatic rings. The summed E-state index contributed by atoms with van der Waals surface area (Å²) in [6.45, 7) is 1.70. The van der Waals surface area contributed by atoms with Crippen molar-refractivity contribution < 1.29 is 4.79 Å². The van der Waals surface area contributed by atoms with Gasteiger partial charge in [-0.05, 0) is 54.7 Å². The summed E-state index contributed by atoms with van der Waals surface area (Å²) in [5.74, 6) is 0.178. The van der Waals surface area contributed by atoms with Crippen LogP contribution in [0.2, 0.25) is 0 Å². The fourth-order valence-corrected chi connectivity index (χ4v) is 3.27. The Kier molecular flexibility index (Phi) is 3.67. The highest BCUT2D eigenvalue weighted by Crippen LogP contribution is 2.37. The first-order chi connectivity index (χ1) is 9.19. The zero-order valence-corrected chi connectivity index (χ0v) is 12.8. The number of piperidine rings is 1. The van der Waals surface area contributed by atoms with E-state index in [1.807, 2.05) is 24.2 Å². The molecular formula is C14H20BrN3O. The number of carbonyl (C=O) groups excluding carboxylic acids is 1. The molecule has 1 unspecified atom stereocenters. The van der Waals surface area contributed by atoms with Crippen LogP contribution in [0, 0.1) is 0 Å². The first-order valence-corrected chi connectivity index (χ1v) is 7.82. The van der Waals surface area contributed by atoms with Crippen molar-refractivity contribution in [1.82, 2.24) is 14.8 Å². The average Bonchev–Trinajstić information content (AvgIpc) is 3.21. The highest BCUT2D eigenvalue weighted by molar-refractivity contribution is 9.10. The quantitative estimate of drug-likeness (QED) is 0.926. The van der Waals surface area contributed by atoms with E-state index in [0.29, 0.717) is 12.1 Å². The highest BCUT2D eigenvalue weighted by Gasteiger charge is 2.31. The number of nitrogens with zero attached hydrogens (tertiary/aromatic N) is 2. The van der Waals surface area contributed by atoms with Crippen LogP contribution in [0.5, 0.6) is 0 Å². The van der Waals surface area contributed by atoms with Crippen LogP contribution in [0.4, 0.5) is 0 Å². The van der Waals surface area contributed by atoms with Crippen molar-refractivity contribution in [3.8, 4) is 0 Å². The van der Waals surface area contributed by atoms with Gasteiger partial charge >= 0.3 is 0 Å². The SMILES string of the molecule is CNC1CCCN(C(=O)c2cc(Br)cn2C2CC2)C1. The molecule has 1 aliphatic heterocycles. The van der Waals surface area contributed by atoms with Crippen LogP contribution in [-0.2, 0) is 0 Å². The number of nitrogens with one attached hydrogen (secondary N) is 1. The molecule has 0 bridgehead atoms. The Balaban J connectivity index is 1.79. The zero-order valence-electron chi connectivity index (χ0n) is 11.2. The van der Waals surface area contributed by atoms with Crippen LogP contribution in [0.1, 0.15) is 42.2 Å². The van der Waals surface area contributed by atoms with E-state index in [-0.39, 0.29) is 5.91 Å². The summed E-state index contributed by atoms with van der Waals surface area (Å²) < 4.78 is 3.15. The van der Waals surface area contributed by atoms with Gasteiger partial charge in [0.2, 0.25) is 0 Å². The van der Waals surface area contributed by atoms with Gasteiger partial charge in [-0.3, -0.25) is 4.79 Å². The molecule has 1 saturated carbocycles. The van der Waals surface area contributed by atoms with Gasteiger partial charge in [0.25, 0.3) is 5.91 Å². The fourth-order valence-electron chi connectivity index (χ4n) is 2.83. The first kappa shape index (κ1) is 13.2. The van der Waals surface area contributed by atoms with Crippen molar-refractivity contribution in [3.63, 3.8) is 0 Å². The molecule has 2 fully saturated rings. The van der Waals surface area contributed by atoms with Gasteiger partial charge in [-0.2, -0.15) is 0 Å². The van der Waals surface area contributed by atoms with E-state index in [1.54, 1.807) is 0 Å². The monoisotopic (exact) mass is 325 g/mol. The largest absolute Gasteiger partial charge is 0.339 e. The van der Waals surface area contributed by atoms with Gasteiger partial charge in [0.15, 0.2) is 0 Å². The van der Waals surface area contributed by atoms with Crippen LogP contribution in [0.25, 0.3) is 0 Å². The molecule has 1 aliphatic carbocycles. The number of carbonyl (C=O) groups is 1. The molecule has 5 heteroatoms. The molecule has 0 spiro atoms. The molecule has 1 amide bonds. The number of amides is 1. The Morgan fingerprint density at radius 2 is 2.21 bits per heavy atom. The van der Waals surface area contributed by atoms with Gasteiger partial charge in [-0.1, -0.05) is 0 Å². The number of rotatable bonds is 3. The molecule has 2 heterocycles. The summed E-state index contributed by atoms with van der Waals surface area (Å²) in [5.41, 5.74) is 0.839. The lowest BCUT2D eigenvalue weighted by Crippen LogP contribution is -2.47. The van der Waals surface area contributed by atoms with E-state index in [1.165, 1.54) is 12.8 Å². The van der Waals surface area contributed by atoms with E-state index in [9.17, 15) is 4.79 Å². The molecule has 3 rings (SSSR count). The molecule has 1 N–H and O–H groups in total. The second-order valence-electron chi connectivity index (χ2n) is 5.56. The van der Waals surface area contributed by atoms with Gasteiger partial charge in [-0.25, -0.2) is 0 Å². The van der Waals surface area contributed by atoms with Crippen LogP contribution >= 0.6 is 15.9 Å². The number of halogens is 1. The number of hydrogen-bond donors (Lipinski definition) is 1. The minimum absolute atomic E-state index is 0.178. The molecule has 104 valence electrons. The predicted octanol–water partition coefficient (Wildman–Crippen LogP) is 2.41.